The molecule has 60 heavy (non-hydrogen) atoms. The third-order valence-electron chi connectivity index (χ3n) is 13.0. The summed E-state index contributed by atoms with van der Waals surface area (Å²) in [4.78, 5) is 0. The van der Waals surface area contributed by atoms with E-state index in [0.29, 0.717) is 0 Å². The Kier molecular flexibility index (Phi) is 7.37. The molecule has 1 nitrogen and oxygen atoms in total. The zero-order valence-corrected chi connectivity index (χ0v) is 33.5. The molecule has 1 aliphatic rings. The minimum Gasteiger partial charge on any atom is -0.455 e. The van der Waals surface area contributed by atoms with E-state index in [1.165, 1.54) is 90.7 Å². The van der Waals surface area contributed by atoms with Gasteiger partial charge in [0.1, 0.15) is 11.2 Å². The molecule has 2 heteroatoms. The van der Waals surface area contributed by atoms with Gasteiger partial charge in [0.25, 0.3) is 0 Å². The van der Waals surface area contributed by atoms with Gasteiger partial charge in [-0.05, 0) is 106 Å². The minimum absolute atomic E-state index is 0.268. The van der Waals surface area contributed by atoms with Crippen LogP contribution in [-0.4, -0.2) is 0 Å². The largest absolute Gasteiger partial charge is 0.455 e. The number of fused-ring (bicyclic) bond motifs is 10. The summed E-state index contributed by atoms with van der Waals surface area (Å²) in [5.74, 6) is 0.268. The van der Waals surface area contributed by atoms with Crippen molar-refractivity contribution in [2.24, 2.45) is 0 Å². The zero-order valence-electron chi connectivity index (χ0n) is 32.7. The quantitative estimate of drug-likeness (QED) is 0.162. The van der Waals surface area contributed by atoms with Crippen LogP contribution in [0.4, 0.5) is 0 Å². The molecule has 2 aromatic heterocycles. The van der Waals surface area contributed by atoms with Crippen LogP contribution < -0.4 is 9.75 Å². The van der Waals surface area contributed by atoms with Gasteiger partial charge in [-0.2, -0.15) is 0 Å². The molecule has 1 aliphatic carbocycles. The monoisotopic (exact) mass is 780 g/mol. The molecular weight excluding hydrogens is 745 g/mol. The van der Waals surface area contributed by atoms with Crippen molar-refractivity contribution in [3.8, 4) is 33.4 Å². The van der Waals surface area contributed by atoms with Crippen molar-refractivity contribution in [2.75, 3.05) is 0 Å². The number of hydrogen-bond acceptors (Lipinski definition) is 2. The predicted octanol–water partition coefficient (Wildman–Crippen LogP) is 15.2. The standard InChI is InChI=1S/C58H36OS/c1-2-15-35(16-3-1)54-44-22-8-10-24-46(44)57(47-25-11-9-23-45(47)54)49-27-14-26-48-38-31-29-37(34-51(38)59-58(48)49)56-42-20-6-4-18-40(42)55(41-19-5-7-21-43(41)56)36-30-32-53-50(33-36)39-17-12-13-28-52(39)60-53/h1-29,31-34,36H,30H2. The SMILES string of the molecule is C1=c2sc3ccccc3c2=CC(c2c3ccccc3c(-c3ccc4c(c3)oc3c(-c5c6ccccc6c(-c6ccccc6)c6ccccc56)cccc34)c3ccccc23)C1. The fraction of sp³-hybridized carbons (Fsp3) is 0.0345. The van der Waals surface area contributed by atoms with Gasteiger partial charge in [-0.3, -0.25) is 0 Å². The predicted molar refractivity (Wildman–Crippen MR) is 257 cm³/mol. The molecule has 0 saturated carbocycles. The Balaban J connectivity index is 1.03. The number of furan rings is 1. The first kappa shape index (κ1) is 33.7. The number of para-hydroxylation sites is 1. The molecule has 0 saturated heterocycles. The van der Waals surface area contributed by atoms with Crippen LogP contribution >= 0.6 is 11.3 Å². The van der Waals surface area contributed by atoms with Gasteiger partial charge in [0.15, 0.2) is 0 Å². The van der Waals surface area contributed by atoms with E-state index < -0.39 is 0 Å². The van der Waals surface area contributed by atoms with Crippen molar-refractivity contribution in [3.05, 3.63) is 203 Å². The molecule has 10 aromatic carbocycles. The molecule has 0 amide bonds. The summed E-state index contributed by atoms with van der Waals surface area (Å²) in [6.45, 7) is 0. The Morgan fingerprint density at radius 2 is 0.950 bits per heavy atom. The first-order chi connectivity index (χ1) is 29.8. The van der Waals surface area contributed by atoms with Gasteiger partial charge in [0, 0.05) is 37.0 Å². The van der Waals surface area contributed by atoms with Crippen molar-refractivity contribution in [1.82, 2.24) is 0 Å². The highest BCUT2D eigenvalue weighted by Crippen LogP contribution is 2.48. The number of thiophene rings is 1. The van der Waals surface area contributed by atoms with E-state index >= 15 is 0 Å². The van der Waals surface area contributed by atoms with Crippen LogP contribution in [0.2, 0.25) is 0 Å². The Hall–Kier alpha value is -7.26. The van der Waals surface area contributed by atoms with Crippen molar-refractivity contribution in [2.45, 2.75) is 12.3 Å². The maximum absolute atomic E-state index is 7.11. The third kappa shape index (κ3) is 4.92. The van der Waals surface area contributed by atoms with Crippen molar-refractivity contribution in [3.63, 3.8) is 0 Å². The van der Waals surface area contributed by atoms with Crippen LogP contribution in [0.25, 0.3) is 121 Å². The molecular formula is C58H36OS. The van der Waals surface area contributed by atoms with Gasteiger partial charge in [0.2, 0.25) is 0 Å². The fourth-order valence-corrected chi connectivity index (χ4v) is 11.6. The van der Waals surface area contributed by atoms with Gasteiger partial charge >= 0.3 is 0 Å². The highest BCUT2D eigenvalue weighted by atomic mass is 32.1. The molecule has 2 heterocycles. The molecule has 0 radical (unpaired) electrons. The van der Waals surface area contributed by atoms with E-state index in [1.807, 2.05) is 11.3 Å². The summed E-state index contributed by atoms with van der Waals surface area (Å²) in [6.07, 6.45) is 6.00. The molecule has 1 atom stereocenters. The van der Waals surface area contributed by atoms with Crippen molar-refractivity contribution in [1.29, 1.82) is 0 Å². The third-order valence-corrected chi connectivity index (χ3v) is 14.2. The molecule has 13 rings (SSSR count). The fourth-order valence-electron chi connectivity index (χ4n) is 10.5. The Morgan fingerprint density at radius 3 is 1.62 bits per heavy atom. The number of rotatable bonds is 4. The van der Waals surface area contributed by atoms with Crippen LogP contribution in [0.3, 0.4) is 0 Å². The van der Waals surface area contributed by atoms with Gasteiger partial charge in [0.05, 0.1) is 0 Å². The van der Waals surface area contributed by atoms with Gasteiger partial charge < -0.3 is 4.42 Å². The second-order valence-corrected chi connectivity index (χ2v) is 17.3. The summed E-state index contributed by atoms with van der Waals surface area (Å²) in [6, 6.07) is 68.9. The summed E-state index contributed by atoms with van der Waals surface area (Å²) in [5.41, 5.74) is 10.4. The van der Waals surface area contributed by atoms with Gasteiger partial charge in [-0.1, -0.05) is 182 Å². The van der Waals surface area contributed by atoms with Crippen LogP contribution in [0.15, 0.2) is 192 Å². The normalized spacial score (nSPS) is 14.0. The van der Waals surface area contributed by atoms with E-state index in [2.05, 4.69) is 200 Å². The summed E-state index contributed by atoms with van der Waals surface area (Å²) >= 11 is 1.91. The van der Waals surface area contributed by atoms with Crippen LogP contribution in [-0.2, 0) is 0 Å². The highest BCUT2D eigenvalue weighted by molar-refractivity contribution is 7.17. The lowest BCUT2D eigenvalue weighted by atomic mass is 9.81. The highest BCUT2D eigenvalue weighted by Gasteiger charge is 2.24. The van der Waals surface area contributed by atoms with E-state index in [1.54, 1.807) is 0 Å². The van der Waals surface area contributed by atoms with Gasteiger partial charge in [-0.15, -0.1) is 11.3 Å². The van der Waals surface area contributed by atoms with Crippen LogP contribution in [0, 0.1) is 0 Å². The summed E-state index contributed by atoms with van der Waals surface area (Å²) in [7, 11) is 0. The van der Waals surface area contributed by atoms with Crippen molar-refractivity contribution >= 4 is 98.6 Å². The summed E-state index contributed by atoms with van der Waals surface area (Å²) < 4.78 is 9.86. The van der Waals surface area contributed by atoms with E-state index in [-0.39, 0.29) is 5.92 Å². The maximum Gasteiger partial charge on any atom is 0.143 e. The lowest BCUT2D eigenvalue weighted by Gasteiger charge is -2.22. The second kappa shape index (κ2) is 13.1. The number of benzene rings is 10. The molecule has 0 fully saturated rings. The Morgan fingerprint density at radius 1 is 0.417 bits per heavy atom. The molecule has 0 N–H and O–H groups in total. The molecule has 12 aromatic rings. The topological polar surface area (TPSA) is 13.1 Å². The maximum atomic E-state index is 7.11. The smallest absolute Gasteiger partial charge is 0.143 e. The van der Waals surface area contributed by atoms with Crippen molar-refractivity contribution < 1.29 is 4.42 Å². The first-order valence-electron chi connectivity index (χ1n) is 20.9. The van der Waals surface area contributed by atoms with E-state index in [4.69, 9.17) is 4.42 Å². The van der Waals surface area contributed by atoms with Gasteiger partial charge in [-0.25, -0.2) is 0 Å². The molecule has 1 unspecified atom stereocenters. The number of hydrogen-bond donors (Lipinski definition) is 0. The summed E-state index contributed by atoms with van der Waals surface area (Å²) in [5, 5.41) is 15.1. The Bertz CT molecular complexity index is 3750. The average molecular weight is 781 g/mol. The minimum atomic E-state index is 0.268. The zero-order chi connectivity index (χ0) is 39.3. The lowest BCUT2D eigenvalue weighted by molar-refractivity contribution is 0.670. The molecule has 0 spiro atoms. The lowest BCUT2D eigenvalue weighted by Crippen LogP contribution is -2.23. The Labute approximate surface area is 350 Å². The van der Waals surface area contributed by atoms with Crippen LogP contribution in [0.5, 0.6) is 0 Å². The molecule has 0 aliphatic heterocycles. The van der Waals surface area contributed by atoms with E-state index in [0.717, 1.165) is 39.5 Å². The molecule has 280 valence electrons. The average Bonchev–Trinajstić information content (AvgIpc) is 3.88. The van der Waals surface area contributed by atoms with E-state index in [9.17, 15) is 0 Å². The molecule has 0 bridgehead atoms. The second-order valence-electron chi connectivity index (χ2n) is 16.2. The van der Waals surface area contributed by atoms with Crippen LogP contribution in [0.1, 0.15) is 17.9 Å². The first-order valence-corrected chi connectivity index (χ1v) is 21.7.